The Labute approximate surface area is 114 Å². The smallest absolute Gasteiger partial charge is 0.170 e. The number of rotatable bonds is 5. The van der Waals surface area contributed by atoms with E-state index in [1.54, 1.807) is 0 Å². The summed E-state index contributed by atoms with van der Waals surface area (Å²) >= 11 is 0. The zero-order chi connectivity index (χ0) is 13.5. The molecule has 0 aliphatic heterocycles. The fraction of sp³-hybridized carbons (Fsp3) is 0.533. The standard InChI is InChI=1S/C15H22N2O2/c16-15(17-18)14-8-4-7-13(9-14)11-19-10-12-5-2-1-3-6-12/h4,7-9,12,18H,1-3,5-6,10-11H2,(H2,16,17). The SMILES string of the molecule is NC(=NO)c1cccc(COCC2CCCCC2)c1. The van der Waals surface area contributed by atoms with Gasteiger partial charge in [-0.2, -0.15) is 0 Å². The Morgan fingerprint density at radius 2 is 2.11 bits per heavy atom. The Morgan fingerprint density at radius 3 is 2.84 bits per heavy atom. The minimum absolute atomic E-state index is 0.133. The van der Waals surface area contributed by atoms with Crippen LogP contribution < -0.4 is 5.73 Å². The molecule has 0 saturated heterocycles. The molecule has 0 atom stereocenters. The Kier molecular flexibility index (Phi) is 5.21. The molecule has 1 saturated carbocycles. The highest BCUT2D eigenvalue weighted by Gasteiger charge is 2.13. The summed E-state index contributed by atoms with van der Waals surface area (Å²) < 4.78 is 5.78. The first-order valence-corrected chi connectivity index (χ1v) is 6.94. The molecule has 0 amide bonds. The van der Waals surface area contributed by atoms with Crippen LogP contribution in [0.5, 0.6) is 0 Å². The van der Waals surface area contributed by atoms with Crippen molar-refractivity contribution < 1.29 is 9.94 Å². The predicted molar refractivity (Wildman–Crippen MR) is 75.2 cm³/mol. The second-order valence-corrected chi connectivity index (χ2v) is 5.20. The van der Waals surface area contributed by atoms with E-state index in [1.807, 2.05) is 24.3 Å². The molecule has 0 unspecified atom stereocenters. The lowest BCUT2D eigenvalue weighted by molar-refractivity contribution is 0.0739. The molecule has 0 bridgehead atoms. The fourth-order valence-corrected chi connectivity index (χ4v) is 2.58. The van der Waals surface area contributed by atoms with Gasteiger partial charge in [-0.05, 0) is 30.4 Å². The lowest BCUT2D eigenvalue weighted by Gasteiger charge is -2.21. The van der Waals surface area contributed by atoms with Gasteiger partial charge in [0.25, 0.3) is 0 Å². The lowest BCUT2D eigenvalue weighted by Crippen LogP contribution is -2.14. The molecule has 4 heteroatoms. The first-order chi connectivity index (χ1) is 9.29. The van der Waals surface area contributed by atoms with E-state index >= 15 is 0 Å². The van der Waals surface area contributed by atoms with Gasteiger partial charge in [0.15, 0.2) is 5.84 Å². The van der Waals surface area contributed by atoms with Crippen LogP contribution >= 0.6 is 0 Å². The normalized spacial score (nSPS) is 17.6. The third-order valence-electron chi connectivity index (χ3n) is 3.68. The van der Waals surface area contributed by atoms with E-state index in [-0.39, 0.29) is 5.84 Å². The van der Waals surface area contributed by atoms with Crippen LogP contribution in [-0.4, -0.2) is 17.6 Å². The van der Waals surface area contributed by atoms with Crippen molar-refractivity contribution in [2.75, 3.05) is 6.61 Å². The van der Waals surface area contributed by atoms with Gasteiger partial charge < -0.3 is 15.7 Å². The molecule has 0 spiro atoms. The van der Waals surface area contributed by atoms with Crippen LogP contribution in [-0.2, 0) is 11.3 Å². The first kappa shape index (κ1) is 13.9. The summed E-state index contributed by atoms with van der Waals surface area (Å²) in [5.41, 5.74) is 7.35. The van der Waals surface area contributed by atoms with Crippen molar-refractivity contribution in [3.05, 3.63) is 35.4 Å². The Bertz CT molecular complexity index is 426. The first-order valence-electron chi connectivity index (χ1n) is 6.94. The van der Waals surface area contributed by atoms with Crippen molar-refractivity contribution in [2.24, 2.45) is 16.8 Å². The highest BCUT2D eigenvalue weighted by atomic mass is 16.5. The quantitative estimate of drug-likeness (QED) is 0.371. The number of amidine groups is 1. The number of hydrogen-bond donors (Lipinski definition) is 2. The van der Waals surface area contributed by atoms with Gasteiger partial charge in [-0.3, -0.25) is 0 Å². The van der Waals surface area contributed by atoms with Gasteiger partial charge in [0.2, 0.25) is 0 Å². The van der Waals surface area contributed by atoms with E-state index in [2.05, 4.69) is 5.16 Å². The van der Waals surface area contributed by atoms with Crippen LogP contribution in [0.4, 0.5) is 0 Å². The summed E-state index contributed by atoms with van der Waals surface area (Å²) in [6.45, 7) is 1.43. The molecular formula is C15H22N2O2. The Balaban J connectivity index is 1.82. The monoisotopic (exact) mass is 262 g/mol. The number of benzene rings is 1. The summed E-state index contributed by atoms with van der Waals surface area (Å²) in [4.78, 5) is 0. The van der Waals surface area contributed by atoms with E-state index in [1.165, 1.54) is 32.1 Å². The largest absolute Gasteiger partial charge is 0.409 e. The average Bonchev–Trinajstić information content (AvgIpc) is 2.48. The molecule has 1 aliphatic carbocycles. The summed E-state index contributed by atoms with van der Waals surface area (Å²) in [7, 11) is 0. The highest BCUT2D eigenvalue weighted by molar-refractivity contribution is 5.97. The molecular weight excluding hydrogens is 240 g/mol. The second kappa shape index (κ2) is 7.14. The highest BCUT2D eigenvalue weighted by Crippen LogP contribution is 2.24. The minimum Gasteiger partial charge on any atom is -0.409 e. The van der Waals surface area contributed by atoms with Crippen molar-refractivity contribution in [2.45, 2.75) is 38.7 Å². The van der Waals surface area contributed by atoms with Crippen LogP contribution in [0, 0.1) is 5.92 Å². The van der Waals surface area contributed by atoms with E-state index in [4.69, 9.17) is 15.7 Å². The van der Waals surface area contributed by atoms with Gasteiger partial charge in [-0.25, -0.2) is 0 Å². The molecule has 104 valence electrons. The molecule has 2 rings (SSSR count). The fourth-order valence-electron chi connectivity index (χ4n) is 2.58. The van der Waals surface area contributed by atoms with E-state index in [9.17, 15) is 0 Å². The zero-order valence-corrected chi connectivity index (χ0v) is 11.2. The summed E-state index contributed by atoms with van der Waals surface area (Å²) in [6.07, 6.45) is 6.65. The molecule has 1 aliphatic rings. The lowest BCUT2D eigenvalue weighted by atomic mass is 9.90. The van der Waals surface area contributed by atoms with E-state index in [0.717, 1.165) is 23.7 Å². The van der Waals surface area contributed by atoms with Crippen molar-refractivity contribution in [3.63, 3.8) is 0 Å². The number of nitrogens with two attached hydrogens (primary N) is 1. The molecule has 0 heterocycles. The van der Waals surface area contributed by atoms with Gasteiger partial charge >= 0.3 is 0 Å². The maximum absolute atomic E-state index is 8.66. The number of nitrogens with zero attached hydrogens (tertiary/aromatic N) is 1. The maximum atomic E-state index is 8.66. The molecule has 19 heavy (non-hydrogen) atoms. The number of ether oxygens (including phenoxy) is 1. The minimum atomic E-state index is 0.133. The average molecular weight is 262 g/mol. The topological polar surface area (TPSA) is 67.8 Å². The Morgan fingerprint density at radius 1 is 1.32 bits per heavy atom. The predicted octanol–water partition coefficient (Wildman–Crippen LogP) is 2.88. The number of oxime groups is 1. The van der Waals surface area contributed by atoms with Crippen LogP contribution in [0.3, 0.4) is 0 Å². The Hall–Kier alpha value is -1.55. The number of hydrogen-bond acceptors (Lipinski definition) is 3. The van der Waals surface area contributed by atoms with Crippen LogP contribution in [0.1, 0.15) is 43.2 Å². The molecule has 1 aromatic carbocycles. The van der Waals surface area contributed by atoms with E-state index in [0.29, 0.717) is 6.61 Å². The molecule has 1 fully saturated rings. The molecule has 0 aromatic heterocycles. The summed E-state index contributed by atoms with van der Waals surface area (Å²) in [5.74, 6) is 0.857. The van der Waals surface area contributed by atoms with Gasteiger partial charge in [-0.1, -0.05) is 42.6 Å². The zero-order valence-electron chi connectivity index (χ0n) is 11.2. The summed E-state index contributed by atoms with van der Waals surface area (Å²) in [6, 6.07) is 7.61. The molecule has 3 N–H and O–H groups in total. The van der Waals surface area contributed by atoms with Gasteiger partial charge in [0, 0.05) is 12.2 Å². The van der Waals surface area contributed by atoms with Gasteiger partial charge in [-0.15, -0.1) is 0 Å². The van der Waals surface area contributed by atoms with Crippen molar-refractivity contribution in [3.8, 4) is 0 Å². The van der Waals surface area contributed by atoms with E-state index < -0.39 is 0 Å². The molecule has 4 nitrogen and oxygen atoms in total. The third kappa shape index (κ3) is 4.24. The van der Waals surface area contributed by atoms with Gasteiger partial charge in [0.05, 0.1) is 6.61 Å². The maximum Gasteiger partial charge on any atom is 0.170 e. The molecule has 1 aromatic rings. The van der Waals surface area contributed by atoms with Crippen molar-refractivity contribution in [1.82, 2.24) is 0 Å². The second-order valence-electron chi connectivity index (χ2n) is 5.20. The van der Waals surface area contributed by atoms with Crippen LogP contribution in [0.25, 0.3) is 0 Å². The van der Waals surface area contributed by atoms with Crippen LogP contribution in [0.2, 0.25) is 0 Å². The van der Waals surface area contributed by atoms with Crippen LogP contribution in [0.15, 0.2) is 29.4 Å². The third-order valence-corrected chi connectivity index (χ3v) is 3.68. The molecule has 0 radical (unpaired) electrons. The van der Waals surface area contributed by atoms with Crippen molar-refractivity contribution in [1.29, 1.82) is 0 Å². The van der Waals surface area contributed by atoms with Gasteiger partial charge in [0.1, 0.15) is 0 Å². The summed E-state index contributed by atoms with van der Waals surface area (Å²) in [5, 5.41) is 11.7. The van der Waals surface area contributed by atoms with Crippen molar-refractivity contribution >= 4 is 5.84 Å².